The van der Waals surface area contributed by atoms with Crippen LogP contribution in [0.4, 0.5) is 0 Å². The molecule has 1 radical (unpaired) electrons. The fourth-order valence-corrected chi connectivity index (χ4v) is 6.27. The van der Waals surface area contributed by atoms with Crippen LogP contribution >= 0.6 is 0 Å². The van der Waals surface area contributed by atoms with Crippen LogP contribution in [0.2, 0.25) is 0 Å². The first kappa shape index (κ1) is 40.5. The zero-order valence-corrected chi connectivity index (χ0v) is 30.9. The predicted octanol–water partition coefficient (Wildman–Crippen LogP) is 7.51. The normalized spacial score (nSPS) is 13.5. The Hall–Kier alpha value is -5.24. The van der Waals surface area contributed by atoms with Crippen LogP contribution in [-0.2, 0) is 87.5 Å². The van der Waals surface area contributed by atoms with E-state index in [1.807, 2.05) is 24.3 Å². The number of aryl methyl sites for hydroxylation is 8. The number of ketones is 2. The van der Waals surface area contributed by atoms with Crippen LogP contribution in [0, 0.1) is 0 Å². The van der Waals surface area contributed by atoms with Gasteiger partial charge in [0.25, 0.3) is 0 Å². The van der Waals surface area contributed by atoms with Gasteiger partial charge in [-0.2, -0.15) is 0 Å². The van der Waals surface area contributed by atoms with E-state index in [0.29, 0.717) is 24.0 Å². The first-order chi connectivity index (χ1) is 25.1. The molecule has 0 aliphatic heterocycles. The van der Waals surface area contributed by atoms with Gasteiger partial charge < -0.3 is 19.7 Å². The summed E-state index contributed by atoms with van der Waals surface area (Å²) in [6.45, 7) is 3.57. The number of benzene rings is 4. The Morgan fingerprint density at radius 3 is 1.09 bits per heavy atom. The van der Waals surface area contributed by atoms with E-state index >= 15 is 0 Å². The summed E-state index contributed by atoms with van der Waals surface area (Å²) in [6.07, 6.45) is 8.46. The SMILES string of the molecule is CCOC(=O)/C(O)=C/C(=O)c1cc2ccc1CCc1ccc(cc1)CC2.CCOC(=O)/C(O)=C/C(=O)c1cc2ccc1CCc1ccc(cc1)CC2.[Cu]. The van der Waals surface area contributed by atoms with Gasteiger partial charge in [-0.05, 0) is 122 Å². The fraction of sp³-hybridized carbons (Fsp3) is 0.273. The van der Waals surface area contributed by atoms with Crippen molar-refractivity contribution in [2.45, 2.75) is 65.2 Å². The number of aliphatic hydroxyl groups excluding tert-OH is 2. The van der Waals surface area contributed by atoms with Crippen LogP contribution in [0.1, 0.15) is 79.1 Å². The fourth-order valence-electron chi connectivity index (χ4n) is 6.27. The van der Waals surface area contributed by atoms with Gasteiger partial charge in [0.1, 0.15) is 0 Å². The summed E-state index contributed by atoms with van der Waals surface area (Å²) >= 11 is 0. The van der Waals surface area contributed by atoms with Gasteiger partial charge in [-0.15, -0.1) is 0 Å². The van der Waals surface area contributed by atoms with E-state index in [4.69, 9.17) is 9.47 Å². The minimum atomic E-state index is -0.882. The number of carbonyl (C=O) groups is 4. The summed E-state index contributed by atoms with van der Waals surface area (Å²) in [4.78, 5) is 48.4. The minimum absolute atomic E-state index is 0. The Balaban J connectivity index is 0.000000232. The summed E-state index contributed by atoms with van der Waals surface area (Å²) in [5, 5.41) is 19.6. The van der Waals surface area contributed by atoms with Crippen molar-refractivity contribution in [2.75, 3.05) is 13.2 Å². The Kier molecular flexibility index (Phi) is 15.0. The predicted molar refractivity (Wildman–Crippen MR) is 199 cm³/mol. The van der Waals surface area contributed by atoms with E-state index in [0.717, 1.165) is 72.9 Å². The number of carbonyl (C=O) groups excluding carboxylic acids is 4. The molecule has 0 atom stereocenters. The second-order valence-corrected chi connectivity index (χ2v) is 12.8. The number of aliphatic hydroxyl groups is 2. The monoisotopic (exact) mass is 763 g/mol. The largest absolute Gasteiger partial charge is 0.502 e. The van der Waals surface area contributed by atoms with Crippen LogP contribution in [0.15, 0.2) is 109 Å². The van der Waals surface area contributed by atoms with Crippen molar-refractivity contribution in [2.24, 2.45) is 0 Å². The Morgan fingerprint density at radius 1 is 0.491 bits per heavy atom. The molecule has 279 valence electrons. The quantitative estimate of drug-likeness (QED) is 0.0621. The van der Waals surface area contributed by atoms with Crippen molar-refractivity contribution in [1.29, 1.82) is 0 Å². The Labute approximate surface area is 321 Å². The second-order valence-electron chi connectivity index (χ2n) is 12.8. The molecule has 8 nitrogen and oxygen atoms in total. The molecule has 0 fully saturated rings. The molecule has 0 aromatic heterocycles. The molecule has 2 N–H and O–H groups in total. The number of rotatable bonds is 8. The second kappa shape index (κ2) is 19.6. The van der Waals surface area contributed by atoms with Crippen LogP contribution < -0.4 is 0 Å². The first-order valence-corrected chi connectivity index (χ1v) is 17.8. The summed E-state index contributed by atoms with van der Waals surface area (Å²) < 4.78 is 9.45. The molecule has 0 heterocycles. The van der Waals surface area contributed by atoms with Gasteiger partial charge in [-0.3, -0.25) is 9.59 Å². The first-order valence-electron chi connectivity index (χ1n) is 17.8. The zero-order chi connectivity index (χ0) is 37.0. The third kappa shape index (κ3) is 11.4. The van der Waals surface area contributed by atoms with Crippen molar-refractivity contribution in [1.82, 2.24) is 0 Å². The molecule has 8 aliphatic rings. The molecule has 0 unspecified atom stereocenters. The molecule has 0 saturated heterocycles. The van der Waals surface area contributed by atoms with Crippen molar-refractivity contribution >= 4 is 23.5 Å². The van der Waals surface area contributed by atoms with Gasteiger partial charge in [0, 0.05) is 40.3 Å². The van der Waals surface area contributed by atoms with Crippen LogP contribution in [-0.4, -0.2) is 46.9 Å². The van der Waals surface area contributed by atoms with Crippen LogP contribution in [0.3, 0.4) is 0 Å². The smallest absolute Gasteiger partial charge is 0.373 e. The summed E-state index contributed by atoms with van der Waals surface area (Å²) in [6, 6.07) is 29.0. The van der Waals surface area contributed by atoms with Crippen molar-refractivity contribution < 1.29 is 55.9 Å². The topological polar surface area (TPSA) is 127 Å². The maximum absolute atomic E-state index is 12.7. The Bertz CT molecular complexity index is 1850. The molecular formula is C44H44CuO8. The number of hydrogen-bond donors (Lipinski definition) is 2. The van der Waals surface area contributed by atoms with Gasteiger partial charge in [-0.25, -0.2) is 9.59 Å². The van der Waals surface area contributed by atoms with E-state index in [1.165, 1.54) is 22.3 Å². The average molecular weight is 764 g/mol. The average Bonchev–Trinajstić information content (AvgIpc) is 3.14. The van der Waals surface area contributed by atoms with E-state index in [1.54, 1.807) is 13.8 Å². The van der Waals surface area contributed by atoms with Gasteiger partial charge in [-0.1, -0.05) is 72.8 Å². The molecule has 9 heteroatoms. The Morgan fingerprint density at radius 2 is 0.774 bits per heavy atom. The summed E-state index contributed by atoms with van der Waals surface area (Å²) in [7, 11) is 0. The molecule has 0 amide bonds. The number of hydrogen-bond acceptors (Lipinski definition) is 8. The number of esters is 2. The van der Waals surface area contributed by atoms with E-state index in [2.05, 4.69) is 60.7 Å². The van der Waals surface area contributed by atoms with E-state index in [9.17, 15) is 29.4 Å². The molecule has 12 rings (SSSR count). The standard InChI is InChI=1S/2C22H22O4.Cu/c2*1-2-26-22(25)21(24)14-20(23)19-13-17-8-7-15-3-5-16(6-4-15)9-11-18(19)12-10-17;/h2*3-6,10,12-14,24H,2,7-9,11H2,1H3;/b2*21-14-;. The molecule has 8 bridgehead atoms. The van der Waals surface area contributed by atoms with E-state index in [-0.39, 0.29) is 41.8 Å². The van der Waals surface area contributed by atoms with Crippen molar-refractivity contribution in [3.05, 3.63) is 164 Å². The third-order valence-corrected chi connectivity index (χ3v) is 9.20. The molecule has 53 heavy (non-hydrogen) atoms. The van der Waals surface area contributed by atoms with Gasteiger partial charge in [0.05, 0.1) is 13.2 Å². The van der Waals surface area contributed by atoms with Crippen LogP contribution in [0.25, 0.3) is 0 Å². The summed E-state index contributed by atoms with van der Waals surface area (Å²) in [5.41, 5.74) is 10.0. The molecule has 8 aliphatic carbocycles. The minimum Gasteiger partial charge on any atom is -0.502 e. The van der Waals surface area contributed by atoms with Gasteiger partial charge >= 0.3 is 11.9 Å². The zero-order valence-electron chi connectivity index (χ0n) is 30.0. The van der Waals surface area contributed by atoms with Gasteiger partial charge in [0.2, 0.25) is 11.5 Å². The van der Waals surface area contributed by atoms with E-state index < -0.39 is 23.5 Å². The molecule has 4 aromatic carbocycles. The maximum Gasteiger partial charge on any atom is 0.373 e. The molecule has 4 aromatic rings. The molecule has 0 saturated carbocycles. The van der Waals surface area contributed by atoms with Crippen molar-refractivity contribution in [3.63, 3.8) is 0 Å². The maximum atomic E-state index is 12.7. The number of ether oxygens (including phenoxy) is 2. The third-order valence-electron chi connectivity index (χ3n) is 9.20. The molecular weight excluding hydrogens is 720 g/mol. The van der Waals surface area contributed by atoms with Crippen LogP contribution in [0.5, 0.6) is 0 Å². The number of allylic oxidation sites excluding steroid dienone is 2. The van der Waals surface area contributed by atoms with Crippen molar-refractivity contribution in [3.8, 4) is 0 Å². The molecule has 0 spiro atoms. The summed E-state index contributed by atoms with van der Waals surface area (Å²) in [5.74, 6) is -3.84. The van der Waals surface area contributed by atoms with Gasteiger partial charge in [0.15, 0.2) is 11.6 Å².